The molecule has 2 amide bonds. The van der Waals surface area contributed by atoms with E-state index in [0.29, 0.717) is 11.5 Å². The highest BCUT2D eigenvalue weighted by Crippen LogP contribution is 2.15. The van der Waals surface area contributed by atoms with Gasteiger partial charge in [-0.1, -0.05) is 22.0 Å². The monoisotopic (exact) mass is 333 g/mol. The summed E-state index contributed by atoms with van der Waals surface area (Å²) in [7, 11) is 0. The van der Waals surface area contributed by atoms with Gasteiger partial charge in [-0.3, -0.25) is 9.59 Å². The van der Waals surface area contributed by atoms with Crippen LogP contribution in [0.25, 0.3) is 0 Å². The molecule has 0 aliphatic rings. The molecule has 1 heterocycles. The predicted octanol–water partition coefficient (Wildman–Crippen LogP) is 2.73. The Labute approximate surface area is 124 Å². The third kappa shape index (κ3) is 3.89. The fourth-order valence-corrected chi connectivity index (χ4v) is 1.93. The van der Waals surface area contributed by atoms with Gasteiger partial charge >= 0.3 is 11.8 Å². The molecule has 0 saturated heterocycles. The molecule has 0 spiro atoms. The number of nitrogens with one attached hydrogen (secondary N) is 2. The van der Waals surface area contributed by atoms with Gasteiger partial charge in [-0.2, -0.15) is 0 Å². The van der Waals surface area contributed by atoms with Crippen LogP contribution in [-0.2, 0) is 9.59 Å². The molecule has 2 rings (SSSR count). The quantitative estimate of drug-likeness (QED) is 0.830. The zero-order valence-electron chi connectivity index (χ0n) is 10.7. The lowest BCUT2D eigenvalue weighted by molar-refractivity contribution is -0.133. The number of carbonyl (C=O) groups is 2. The number of pyridine rings is 1. The normalized spacial score (nSPS) is 9.90. The Kier molecular flexibility index (Phi) is 4.47. The number of amides is 2. The Bertz CT molecular complexity index is 601. The van der Waals surface area contributed by atoms with Gasteiger partial charge < -0.3 is 10.6 Å². The van der Waals surface area contributed by atoms with Crippen molar-refractivity contribution in [3.8, 4) is 0 Å². The van der Waals surface area contributed by atoms with Gasteiger partial charge in [-0.25, -0.2) is 4.98 Å². The minimum atomic E-state index is -0.761. The molecule has 20 heavy (non-hydrogen) atoms. The molecule has 102 valence electrons. The molecule has 0 saturated carbocycles. The largest absolute Gasteiger partial charge is 0.318 e. The highest BCUT2D eigenvalue weighted by molar-refractivity contribution is 9.10. The van der Waals surface area contributed by atoms with Crippen LogP contribution in [0.3, 0.4) is 0 Å². The second-order valence-electron chi connectivity index (χ2n) is 4.14. The summed E-state index contributed by atoms with van der Waals surface area (Å²) in [5, 5.41) is 4.95. The van der Waals surface area contributed by atoms with E-state index in [9.17, 15) is 9.59 Å². The maximum atomic E-state index is 11.7. The molecule has 2 aromatic rings. The Morgan fingerprint density at radius 1 is 1.10 bits per heavy atom. The lowest BCUT2D eigenvalue weighted by Crippen LogP contribution is -2.29. The van der Waals surface area contributed by atoms with Gasteiger partial charge in [-0.15, -0.1) is 0 Å². The number of halogens is 1. The smallest absolute Gasteiger partial charge is 0.315 e. The summed E-state index contributed by atoms with van der Waals surface area (Å²) in [6.45, 7) is 1.87. The van der Waals surface area contributed by atoms with E-state index in [0.717, 1.165) is 10.0 Å². The van der Waals surface area contributed by atoms with Crippen molar-refractivity contribution in [2.24, 2.45) is 0 Å². The van der Waals surface area contributed by atoms with E-state index in [-0.39, 0.29) is 0 Å². The van der Waals surface area contributed by atoms with Crippen LogP contribution in [0, 0.1) is 6.92 Å². The Balaban J connectivity index is 2.01. The van der Waals surface area contributed by atoms with Gasteiger partial charge in [0.15, 0.2) is 0 Å². The van der Waals surface area contributed by atoms with Crippen molar-refractivity contribution in [3.05, 3.63) is 52.6 Å². The summed E-state index contributed by atoms with van der Waals surface area (Å²) in [6, 6.07) is 10.5. The lowest BCUT2D eigenvalue weighted by Gasteiger charge is -2.06. The maximum Gasteiger partial charge on any atom is 0.315 e. The van der Waals surface area contributed by atoms with Crippen molar-refractivity contribution >= 4 is 39.2 Å². The average Bonchev–Trinajstić information content (AvgIpc) is 2.38. The summed E-state index contributed by atoms with van der Waals surface area (Å²) in [4.78, 5) is 27.4. The highest BCUT2D eigenvalue weighted by Gasteiger charge is 2.14. The second kappa shape index (κ2) is 6.29. The minimum Gasteiger partial charge on any atom is -0.318 e. The summed E-state index contributed by atoms with van der Waals surface area (Å²) in [5.41, 5.74) is 1.49. The molecule has 1 aromatic carbocycles. The van der Waals surface area contributed by atoms with Crippen LogP contribution in [0.4, 0.5) is 11.5 Å². The summed E-state index contributed by atoms with van der Waals surface area (Å²) >= 11 is 3.29. The van der Waals surface area contributed by atoms with Crippen LogP contribution in [0.2, 0.25) is 0 Å². The third-order valence-electron chi connectivity index (χ3n) is 2.45. The molecule has 0 bridgehead atoms. The number of aromatic nitrogens is 1. The van der Waals surface area contributed by atoms with E-state index in [4.69, 9.17) is 0 Å². The number of nitrogens with zero attached hydrogens (tertiary/aromatic N) is 1. The topological polar surface area (TPSA) is 71.1 Å². The van der Waals surface area contributed by atoms with E-state index < -0.39 is 11.8 Å². The standard InChI is InChI=1S/C14H12BrN3O2/c1-9-5-6-16-12(7-9)18-14(20)13(19)17-11-4-2-3-10(15)8-11/h2-8H,1H3,(H,17,19)(H,16,18,20). The number of benzene rings is 1. The first-order valence-electron chi connectivity index (χ1n) is 5.85. The lowest BCUT2D eigenvalue weighted by atomic mass is 10.3. The zero-order valence-corrected chi connectivity index (χ0v) is 12.3. The minimum absolute atomic E-state index is 0.347. The van der Waals surface area contributed by atoms with E-state index in [1.165, 1.54) is 0 Å². The number of hydrogen-bond acceptors (Lipinski definition) is 3. The van der Waals surface area contributed by atoms with Crippen LogP contribution in [0.5, 0.6) is 0 Å². The number of aryl methyl sites for hydroxylation is 1. The molecular formula is C14H12BrN3O2. The van der Waals surface area contributed by atoms with Gasteiger partial charge in [0.05, 0.1) is 0 Å². The van der Waals surface area contributed by atoms with Gasteiger partial charge in [0.25, 0.3) is 0 Å². The SMILES string of the molecule is Cc1ccnc(NC(=O)C(=O)Nc2cccc(Br)c2)c1. The highest BCUT2D eigenvalue weighted by atomic mass is 79.9. The number of carbonyl (C=O) groups excluding carboxylic acids is 2. The first-order valence-corrected chi connectivity index (χ1v) is 6.64. The van der Waals surface area contributed by atoms with Gasteiger partial charge in [-0.05, 0) is 42.8 Å². The van der Waals surface area contributed by atoms with E-state index in [1.54, 1.807) is 36.5 Å². The number of hydrogen-bond donors (Lipinski definition) is 2. The molecule has 0 atom stereocenters. The number of anilines is 2. The van der Waals surface area contributed by atoms with E-state index in [1.807, 2.05) is 13.0 Å². The average molecular weight is 334 g/mol. The molecule has 0 fully saturated rings. The number of rotatable bonds is 2. The summed E-state index contributed by atoms with van der Waals surface area (Å²) in [5.74, 6) is -1.16. The molecule has 0 aliphatic heterocycles. The van der Waals surface area contributed by atoms with Crippen molar-refractivity contribution in [2.45, 2.75) is 6.92 Å². The Morgan fingerprint density at radius 3 is 2.55 bits per heavy atom. The molecule has 0 unspecified atom stereocenters. The van der Waals surface area contributed by atoms with Crippen molar-refractivity contribution < 1.29 is 9.59 Å². The van der Waals surface area contributed by atoms with Crippen LogP contribution in [0.1, 0.15) is 5.56 Å². The van der Waals surface area contributed by atoms with Crippen molar-refractivity contribution in [2.75, 3.05) is 10.6 Å². The molecule has 0 radical (unpaired) electrons. The van der Waals surface area contributed by atoms with Crippen LogP contribution < -0.4 is 10.6 Å². The van der Waals surface area contributed by atoms with Crippen molar-refractivity contribution in [3.63, 3.8) is 0 Å². The predicted molar refractivity (Wildman–Crippen MR) is 80.4 cm³/mol. The molecule has 5 nitrogen and oxygen atoms in total. The maximum absolute atomic E-state index is 11.7. The third-order valence-corrected chi connectivity index (χ3v) is 2.94. The van der Waals surface area contributed by atoms with Gasteiger partial charge in [0.1, 0.15) is 5.82 Å². The molecule has 0 aliphatic carbocycles. The first-order chi connectivity index (χ1) is 9.54. The Hall–Kier alpha value is -2.21. The first kappa shape index (κ1) is 14.2. The van der Waals surface area contributed by atoms with E-state index >= 15 is 0 Å². The molecular weight excluding hydrogens is 322 g/mol. The van der Waals surface area contributed by atoms with Crippen LogP contribution >= 0.6 is 15.9 Å². The molecule has 6 heteroatoms. The summed E-state index contributed by atoms with van der Waals surface area (Å²) in [6.07, 6.45) is 1.57. The van der Waals surface area contributed by atoms with Crippen LogP contribution in [0.15, 0.2) is 47.1 Å². The summed E-state index contributed by atoms with van der Waals surface area (Å²) < 4.78 is 0.816. The molecule has 2 N–H and O–H groups in total. The fourth-order valence-electron chi connectivity index (χ4n) is 1.53. The zero-order chi connectivity index (χ0) is 14.5. The fraction of sp³-hybridized carbons (Fsp3) is 0.0714. The van der Waals surface area contributed by atoms with Gasteiger partial charge in [0.2, 0.25) is 0 Å². The van der Waals surface area contributed by atoms with Gasteiger partial charge in [0, 0.05) is 16.4 Å². The van der Waals surface area contributed by atoms with E-state index in [2.05, 4.69) is 31.5 Å². The second-order valence-corrected chi connectivity index (χ2v) is 5.05. The van der Waals surface area contributed by atoms with Crippen molar-refractivity contribution in [1.82, 2.24) is 4.98 Å². The Morgan fingerprint density at radius 2 is 1.85 bits per heavy atom. The van der Waals surface area contributed by atoms with Crippen molar-refractivity contribution in [1.29, 1.82) is 0 Å². The molecule has 1 aromatic heterocycles. The van der Waals surface area contributed by atoms with Crippen LogP contribution in [-0.4, -0.2) is 16.8 Å².